The average molecular weight is 446 g/mol. The van der Waals surface area contributed by atoms with Gasteiger partial charge in [0.2, 0.25) is 0 Å². The number of amides is 1. The van der Waals surface area contributed by atoms with E-state index in [0.29, 0.717) is 28.5 Å². The van der Waals surface area contributed by atoms with Crippen molar-refractivity contribution in [3.8, 4) is 22.8 Å². The van der Waals surface area contributed by atoms with Gasteiger partial charge in [0.05, 0.1) is 13.2 Å². The lowest BCUT2D eigenvalue weighted by molar-refractivity contribution is 0.0730. The van der Waals surface area contributed by atoms with Gasteiger partial charge in [-0.3, -0.25) is 9.89 Å². The molecule has 1 aliphatic rings. The van der Waals surface area contributed by atoms with E-state index in [1.807, 2.05) is 54.6 Å². The fraction of sp³-hybridized carbons (Fsp3) is 0.120. The molecule has 1 aliphatic heterocycles. The lowest BCUT2D eigenvalue weighted by Crippen LogP contribution is -2.29. The number of H-pyrrole nitrogens is 1. The Hall–Kier alpha value is -3.77. The number of para-hydroxylation sites is 1. The van der Waals surface area contributed by atoms with Crippen LogP contribution < -0.4 is 4.74 Å². The molecular weight excluding hydrogens is 426 g/mol. The Morgan fingerprint density at radius 3 is 2.47 bits per heavy atom. The zero-order valence-electron chi connectivity index (χ0n) is 17.2. The van der Waals surface area contributed by atoms with Crippen LogP contribution in [-0.4, -0.2) is 33.2 Å². The summed E-state index contributed by atoms with van der Waals surface area (Å²) in [6.45, 7) is 0.398. The molecule has 6 nitrogen and oxygen atoms in total. The summed E-state index contributed by atoms with van der Waals surface area (Å²) in [6.07, 6.45) is 0. The first-order chi connectivity index (χ1) is 15.6. The second-order valence-corrected chi connectivity index (χ2v) is 8.05. The number of carbonyl (C=O) groups is 1. The van der Waals surface area contributed by atoms with Crippen LogP contribution in [0.25, 0.3) is 11.3 Å². The van der Waals surface area contributed by atoms with Crippen LogP contribution in [0, 0.1) is 0 Å². The second-order valence-electron chi connectivity index (χ2n) is 7.61. The maximum atomic E-state index is 13.4. The van der Waals surface area contributed by atoms with Gasteiger partial charge in [-0.1, -0.05) is 48.0 Å². The Labute approximate surface area is 190 Å². The van der Waals surface area contributed by atoms with Crippen molar-refractivity contribution in [2.75, 3.05) is 7.11 Å². The number of ether oxygens (including phenoxy) is 1. The molecule has 1 amide bonds. The smallest absolute Gasteiger partial charge is 0.273 e. The van der Waals surface area contributed by atoms with Gasteiger partial charge in [0.1, 0.15) is 22.9 Å². The minimum Gasteiger partial charge on any atom is -0.507 e. The molecule has 7 heteroatoms. The van der Waals surface area contributed by atoms with Crippen LogP contribution in [0.15, 0.2) is 72.8 Å². The predicted octanol–water partition coefficient (Wildman–Crippen LogP) is 5.19. The van der Waals surface area contributed by atoms with Crippen LogP contribution in [-0.2, 0) is 6.54 Å². The second kappa shape index (κ2) is 8.05. The SMILES string of the molecule is COc1ccc(C2c3c(-c4ccccc4O)n[nH]c3C(=O)N2Cc2ccc(Cl)cc2)cc1. The molecule has 32 heavy (non-hydrogen) atoms. The van der Waals surface area contributed by atoms with Crippen LogP contribution in [0.3, 0.4) is 0 Å². The predicted molar refractivity (Wildman–Crippen MR) is 122 cm³/mol. The molecule has 0 saturated heterocycles. The van der Waals surface area contributed by atoms with Crippen molar-refractivity contribution in [3.63, 3.8) is 0 Å². The summed E-state index contributed by atoms with van der Waals surface area (Å²) < 4.78 is 5.31. The number of carbonyl (C=O) groups excluding carboxylic acids is 1. The Morgan fingerprint density at radius 1 is 1.06 bits per heavy atom. The lowest BCUT2D eigenvalue weighted by Gasteiger charge is -2.26. The molecule has 0 bridgehead atoms. The van der Waals surface area contributed by atoms with E-state index < -0.39 is 0 Å². The number of fused-ring (bicyclic) bond motifs is 1. The minimum atomic E-state index is -0.382. The van der Waals surface area contributed by atoms with E-state index in [-0.39, 0.29) is 17.7 Å². The molecule has 0 radical (unpaired) electrons. The maximum Gasteiger partial charge on any atom is 0.273 e. The van der Waals surface area contributed by atoms with Crippen LogP contribution in [0.1, 0.15) is 33.2 Å². The summed E-state index contributed by atoms with van der Waals surface area (Å²) in [7, 11) is 1.62. The van der Waals surface area contributed by atoms with Crippen LogP contribution >= 0.6 is 11.6 Å². The number of nitrogens with one attached hydrogen (secondary N) is 1. The number of halogens is 1. The Bertz CT molecular complexity index is 1280. The van der Waals surface area contributed by atoms with Gasteiger partial charge in [0.15, 0.2) is 0 Å². The molecule has 4 aromatic rings. The van der Waals surface area contributed by atoms with E-state index in [1.165, 1.54) is 0 Å². The molecule has 0 aliphatic carbocycles. The number of phenols is 1. The number of aromatic hydroxyl groups is 1. The monoisotopic (exact) mass is 445 g/mol. The summed E-state index contributed by atoms with van der Waals surface area (Å²) in [5.41, 5.74) is 4.19. The van der Waals surface area contributed by atoms with Gasteiger partial charge >= 0.3 is 0 Å². The highest BCUT2D eigenvalue weighted by atomic mass is 35.5. The third-order valence-corrected chi connectivity index (χ3v) is 5.97. The highest BCUT2D eigenvalue weighted by Gasteiger charge is 2.42. The molecule has 1 aromatic heterocycles. The van der Waals surface area contributed by atoms with Crippen molar-refractivity contribution in [1.82, 2.24) is 15.1 Å². The number of aromatic amines is 1. The zero-order chi connectivity index (χ0) is 22.2. The highest BCUT2D eigenvalue weighted by Crippen LogP contribution is 2.45. The summed E-state index contributed by atoms with van der Waals surface area (Å²) in [5, 5.41) is 18.4. The molecule has 1 unspecified atom stereocenters. The quantitative estimate of drug-likeness (QED) is 0.443. The number of rotatable bonds is 5. The lowest BCUT2D eigenvalue weighted by atomic mass is 9.95. The first-order valence-corrected chi connectivity index (χ1v) is 10.5. The van der Waals surface area contributed by atoms with Crippen molar-refractivity contribution in [2.24, 2.45) is 0 Å². The number of aromatic nitrogens is 2. The molecule has 160 valence electrons. The van der Waals surface area contributed by atoms with Gasteiger partial charge in [-0.05, 0) is 47.5 Å². The molecule has 2 heterocycles. The van der Waals surface area contributed by atoms with Crippen molar-refractivity contribution >= 4 is 17.5 Å². The number of hydrogen-bond donors (Lipinski definition) is 2. The van der Waals surface area contributed by atoms with E-state index in [0.717, 1.165) is 22.4 Å². The first kappa shape index (κ1) is 20.2. The fourth-order valence-electron chi connectivity index (χ4n) is 4.16. The summed E-state index contributed by atoms with van der Waals surface area (Å²) >= 11 is 6.04. The van der Waals surface area contributed by atoms with Gasteiger partial charge in [0.25, 0.3) is 5.91 Å². The van der Waals surface area contributed by atoms with Crippen LogP contribution in [0.5, 0.6) is 11.5 Å². The third-order valence-electron chi connectivity index (χ3n) is 5.72. The van der Waals surface area contributed by atoms with E-state index in [4.69, 9.17) is 16.3 Å². The first-order valence-electron chi connectivity index (χ1n) is 10.1. The number of phenolic OH excluding ortho intramolecular Hbond substituents is 1. The Morgan fingerprint density at radius 2 is 1.78 bits per heavy atom. The van der Waals surface area contributed by atoms with E-state index in [9.17, 15) is 9.90 Å². The van der Waals surface area contributed by atoms with Gasteiger partial charge in [-0.15, -0.1) is 0 Å². The van der Waals surface area contributed by atoms with Gasteiger partial charge in [0, 0.05) is 22.7 Å². The largest absolute Gasteiger partial charge is 0.507 e. The zero-order valence-corrected chi connectivity index (χ0v) is 18.0. The fourth-order valence-corrected chi connectivity index (χ4v) is 4.28. The third kappa shape index (κ3) is 3.39. The van der Waals surface area contributed by atoms with Gasteiger partial charge in [-0.2, -0.15) is 5.10 Å². The van der Waals surface area contributed by atoms with E-state index in [1.54, 1.807) is 30.2 Å². The van der Waals surface area contributed by atoms with Crippen molar-refractivity contribution < 1.29 is 14.6 Å². The maximum absolute atomic E-state index is 13.4. The summed E-state index contributed by atoms with van der Waals surface area (Å²) in [5.74, 6) is 0.694. The van der Waals surface area contributed by atoms with Crippen molar-refractivity contribution in [1.29, 1.82) is 0 Å². The van der Waals surface area contributed by atoms with Gasteiger partial charge < -0.3 is 14.7 Å². The Balaban J connectivity index is 1.64. The summed E-state index contributed by atoms with van der Waals surface area (Å²) in [6, 6.07) is 21.7. The summed E-state index contributed by atoms with van der Waals surface area (Å²) in [4.78, 5) is 15.2. The molecule has 0 saturated carbocycles. The van der Waals surface area contributed by atoms with Crippen LogP contribution in [0.2, 0.25) is 5.02 Å². The molecule has 2 N–H and O–H groups in total. The molecule has 5 rings (SSSR count). The number of nitrogens with zero attached hydrogens (tertiary/aromatic N) is 2. The average Bonchev–Trinajstić information content (AvgIpc) is 3.35. The van der Waals surface area contributed by atoms with Crippen molar-refractivity contribution in [2.45, 2.75) is 12.6 Å². The van der Waals surface area contributed by atoms with Crippen LogP contribution in [0.4, 0.5) is 0 Å². The molecular formula is C25H20ClN3O3. The van der Waals surface area contributed by atoms with Crippen molar-refractivity contribution in [3.05, 3.63) is 100 Å². The number of benzene rings is 3. The Kier molecular flexibility index (Phi) is 5.07. The van der Waals surface area contributed by atoms with E-state index >= 15 is 0 Å². The molecule has 0 fully saturated rings. The van der Waals surface area contributed by atoms with Gasteiger partial charge in [-0.25, -0.2) is 0 Å². The van der Waals surface area contributed by atoms with E-state index in [2.05, 4.69) is 10.2 Å². The normalized spacial score (nSPS) is 15.1. The highest BCUT2D eigenvalue weighted by molar-refractivity contribution is 6.30. The molecule has 3 aromatic carbocycles. The molecule has 1 atom stereocenters. The minimum absolute atomic E-state index is 0.110. The number of methoxy groups -OCH3 is 1. The standard InChI is InChI=1S/C25H20ClN3O3/c1-32-18-12-8-16(9-13-18)24-21-22(19-4-2-3-5-20(19)30)27-28-23(21)25(31)29(24)14-15-6-10-17(26)11-7-15/h2-13,24,30H,14H2,1H3,(H,27,28). The number of hydrogen-bond acceptors (Lipinski definition) is 4. The molecule has 0 spiro atoms. The topological polar surface area (TPSA) is 78.5 Å².